The van der Waals surface area contributed by atoms with Gasteiger partial charge in [0.1, 0.15) is 12.4 Å². The van der Waals surface area contributed by atoms with Crippen molar-refractivity contribution in [2.45, 2.75) is 31.9 Å². The van der Waals surface area contributed by atoms with Crippen LogP contribution in [-0.4, -0.2) is 61.8 Å². The third kappa shape index (κ3) is 3.70. The van der Waals surface area contributed by atoms with E-state index < -0.39 is 36.0 Å². The molecule has 1 atom stereocenters. The van der Waals surface area contributed by atoms with E-state index in [1.165, 1.54) is 15.4 Å². The second kappa shape index (κ2) is 7.93. The molecule has 1 saturated heterocycles. The number of imide groups is 1. The normalized spacial score (nSPS) is 18.6. The summed E-state index contributed by atoms with van der Waals surface area (Å²) in [4.78, 5) is 40.9. The zero-order valence-corrected chi connectivity index (χ0v) is 18.2. The van der Waals surface area contributed by atoms with E-state index in [9.17, 15) is 27.6 Å². The molecule has 3 amide bonds. The SMILES string of the molecule is Cc1ccc2c(c1)C(=O)N(CC(=O)N1CCCC(c3nnc4ccc(C(F)(F)F)cn34)C1)C2=O. The molecule has 8 nitrogen and oxygen atoms in total. The van der Waals surface area contributed by atoms with Crippen molar-refractivity contribution in [3.8, 4) is 0 Å². The molecule has 1 fully saturated rings. The average Bonchev–Trinajstić information content (AvgIpc) is 3.33. The van der Waals surface area contributed by atoms with Gasteiger partial charge >= 0.3 is 6.18 Å². The number of hydrogen-bond acceptors (Lipinski definition) is 5. The second-order valence-corrected chi connectivity index (χ2v) is 8.63. The minimum Gasteiger partial charge on any atom is -0.340 e. The molecule has 0 aliphatic carbocycles. The van der Waals surface area contributed by atoms with Gasteiger partial charge in [0.25, 0.3) is 11.8 Å². The molecule has 1 aromatic carbocycles. The largest absolute Gasteiger partial charge is 0.417 e. The average molecular weight is 471 g/mol. The maximum atomic E-state index is 13.2. The number of benzene rings is 1. The van der Waals surface area contributed by atoms with E-state index in [0.717, 1.165) is 22.7 Å². The molecular formula is C23H20F3N5O3. The van der Waals surface area contributed by atoms with Crippen LogP contribution in [0.25, 0.3) is 5.65 Å². The van der Waals surface area contributed by atoms with Crippen molar-refractivity contribution in [1.82, 2.24) is 24.4 Å². The molecule has 0 N–H and O–H groups in total. The zero-order chi connectivity index (χ0) is 24.2. The Hall–Kier alpha value is -3.76. The number of likely N-dealkylation sites (tertiary alicyclic amines) is 1. The van der Waals surface area contributed by atoms with Crippen LogP contribution in [-0.2, 0) is 11.0 Å². The van der Waals surface area contributed by atoms with Gasteiger partial charge in [0.2, 0.25) is 5.91 Å². The van der Waals surface area contributed by atoms with Crippen LogP contribution in [0.2, 0.25) is 0 Å². The summed E-state index contributed by atoms with van der Waals surface area (Å²) >= 11 is 0. The standard InChI is InChI=1S/C23H20F3N5O3/c1-13-4-6-16-17(9-13)22(34)31(21(16)33)12-19(32)29-8-2-3-14(10-29)20-28-27-18-7-5-15(11-30(18)20)23(24,25)26/h4-7,9,11,14H,2-3,8,10,12H2,1H3. The molecule has 3 aromatic rings. The van der Waals surface area contributed by atoms with Crippen LogP contribution in [0, 0.1) is 6.92 Å². The van der Waals surface area contributed by atoms with E-state index in [4.69, 9.17) is 0 Å². The smallest absolute Gasteiger partial charge is 0.340 e. The number of aryl methyl sites for hydroxylation is 1. The zero-order valence-electron chi connectivity index (χ0n) is 18.2. The first-order chi connectivity index (χ1) is 16.1. The van der Waals surface area contributed by atoms with E-state index >= 15 is 0 Å². The van der Waals surface area contributed by atoms with Crippen LogP contribution in [0.15, 0.2) is 36.5 Å². The molecule has 5 rings (SSSR count). The van der Waals surface area contributed by atoms with Crippen LogP contribution in [0.3, 0.4) is 0 Å². The van der Waals surface area contributed by atoms with E-state index in [2.05, 4.69) is 10.2 Å². The maximum absolute atomic E-state index is 13.2. The predicted octanol–water partition coefficient (Wildman–Crippen LogP) is 3.06. The minimum absolute atomic E-state index is 0.206. The Labute approximate surface area is 192 Å². The van der Waals surface area contributed by atoms with E-state index in [1.807, 2.05) is 6.92 Å². The Morgan fingerprint density at radius 1 is 1.09 bits per heavy atom. The molecular weight excluding hydrogens is 451 g/mol. The molecule has 0 bridgehead atoms. The molecule has 4 heterocycles. The van der Waals surface area contributed by atoms with Crippen molar-refractivity contribution in [3.63, 3.8) is 0 Å². The van der Waals surface area contributed by atoms with Gasteiger partial charge in [-0.15, -0.1) is 10.2 Å². The monoisotopic (exact) mass is 471 g/mol. The van der Waals surface area contributed by atoms with Crippen molar-refractivity contribution < 1.29 is 27.6 Å². The van der Waals surface area contributed by atoms with Gasteiger partial charge in [-0.3, -0.25) is 23.7 Å². The lowest BCUT2D eigenvalue weighted by Crippen LogP contribution is -2.46. The minimum atomic E-state index is -4.50. The maximum Gasteiger partial charge on any atom is 0.417 e. The molecule has 2 aliphatic rings. The highest BCUT2D eigenvalue weighted by atomic mass is 19.4. The number of halogens is 3. The summed E-state index contributed by atoms with van der Waals surface area (Å²) in [6.45, 7) is 2.04. The van der Waals surface area contributed by atoms with Gasteiger partial charge in [-0.05, 0) is 44.0 Å². The predicted molar refractivity (Wildman–Crippen MR) is 113 cm³/mol. The Morgan fingerprint density at radius 2 is 1.85 bits per heavy atom. The summed E-state index contributed by atoms with van der Waals surface area (Å²) in [5.41, 5.74) is 0.861. The summed E-state index contributed by atoms with van der Waals surface area (Å²) in [5.74, 6) is -1.41. The number of nitrogens with zero attached hydrogens (tertiary/aromatic N) is 5. The molecule has 176 valence electrons. The molecule has 11 heteroatoms. The van der Waals surface area contributed by atoms with Crippen molar-refractivity contribution in [1.29, 1.82) is 0 Å². The summed E-state index contributed by atoms with van der Waals surface area (Å²) in [7, 11) is 0. The first-order valence-electron chi connectivity index (χ1n) is 10.8. The number of rotatable bonds is 3. The molecule has 0 spiro atoms. The molecule has 2 aliphatic heterocycles. The topological polar surface area (TPSA) is 87.9 Å². The number of alkyl halides is 3. The number of carbonyl (C=O) groups is 3. The van der Waals surface area contributed by atoms with Crippen molar-refractivity contribution >= 4 is 23.4 Å². The Morgan fingerprint density at radius 3 is 2.62 bits per heavy atom. The quantitative estimate of drug-likeness (QED) is 0.548. The van der Waals surface area contributed by atoms with Gasteiger partial charge in [-0.1, -0.05) is 11.6 Å². The number of amides is 3. The van der Waals surface area contributed by atoms with Crippen LogP contribution in [0.5, 0.6) is 0 Å². The Balaban J connectivity index is 1.34. The van der Waals surface area contributed by atoms with Crippen molar-refractivity contribution in [2.24, 2.45) is 0 Å². The number of piperidine rings is 1. The number of carbonyl (C=O) groups excluding carboxylic acids is 3. The fourth-order valence-corrected chi connectivity index (χ4v) is 4.55. The van der Waals surface area contributed by atoms with E-state index in [0.29, 0.717) is 25.2 Å². The second-order valence-electron chi connectivity index (χ2n) is 8.63. The highest BCUT2D eigenvalue weighted by molar-refractivity contribution is 6.22. The fourth-order valence-electron chi connectivity index (χ4n) is 4.55. The molecule has 0 radical (unpaired) electrons. The van der Waals surface area contributed by atoms with Crippen molar-refractivity contribution in [3.05, 3.63) is 64.6 Å². The lowest BCUT2D eigenvalue weighted by Gasteiger charge is -2.32. The number of aromatic nitrogens is 3. The van der Waals surface area contributed by atoms with Crippen LogP contribution in [0.4, 0.5) is 13.2 Å². The van der Waals surface area contributed by atoms with Gasteiger partial charge in [-0.2, -0.15) is 13.2 Å². The summed E-state index contributed by atoms with van der Waals surface area (Å²) < 4.78 is 40.8. The van der Waals surface area contributed by atoms with Crippen LogP contribution < -0.4 is 0 Å². The lowest BCUT2D eigenvalue weighted by atomic mass is 9.97. The van der Waals surface area contributed by atoms with Crippen LogP contribution >= 0.6 is 0 Å². The summed E-state index contributed by atoms with van der Waals surface area (Å²) in [6, 6.07) is 7.15. The lowest BCUT2D eigenvalue weighted by molar-refractivity contribution is -0.137. The fraction of sp³-hybridized carbons (Fsp3) is 0.348. The van der Waals surface area contributed by atoms with Gasteiger partial charge in [-0.25, -0.2) is 0 Å². The molecule has 2 aromatic heterocycles. The molecule has 1 unspecified atom stereocenters. The highest BCUT2D eigenvalue weighted by Gasteiger charge is 2.38. The summed E-state index contributed by atoms with van der Waals surface area (Å²) in [5, 5.41) is 8.05. The summed E-state index contributed by atoms with van der Waals surface area (Å²) in [6.07, 6.45) is -2.32. The third-order valence-corrected chi connectivity index (χ3v) is 6.31. The van der Waals surface area contributed by atoms with Gasteiger partial charge in [0.15, 0.2) is 5.65 Å². The number of pyridine rings is 1. The van der Waals surface area contributed by atoms with Gasteiger partial charge < -0.3 is 4.90 Å². The Kier molecular flexibility index (Phi) is 5.14. The molecule has 34 heavy (non-hydrogen) atoms. The van der Waals surface area contributed by atoms with Gasteiger partial charge in [0, 0.05) is 25.2 Å². The van der Waals surface area contributed by atoms with Crippen LogP contribution in [0.1, 0.15) is 56.4 Å². The molecule has 0 saturated carbocycles. The van der Waals surface area contributed by atoms with E-state index in [-0.39, 0.29) is 29.2 Å². The van der Waals surface area contributed by atoms with E-state index in [1.54, 1.807) is 18.2 Å². The van der Waals surface area contributed by atoms with Crippen molar-refractivity contribution in [2.75, 3.05) is 19.6 Å². The first kappa shape index (κ1) is 22.1. The Bertz CT molecular complexity index is 1330. The first-order valence-corrected chi connectivity index (χ1v) is 10.8. The third-order valence-electron chi connectivity index (χ3n) is 6.31. The number of hydrogen-bond donors (Lipinski definition) is 0. The van der Waals surface area contributed by atoms with Gasteiger partial charge in [0.05, 0.1) is 16.7 Å². The highest BCUT2D eigenvalue weighted by Crippen LogP contribution is 2.32. The number of fused-ring (bicyclic) bond motifs is 2.